The molecule has 0 fully saturated rings. The Hall–Kier alpha value is -1.18. The van der Waals surface area contributed by atoms with E-state index in [2.05, 4.69) is 4.72 Å². The molecule has 106 valence electrons. The minimum absolute atomic E-state index is 0.0472. The van der Waals surface area contributed by atoms with Gasteiger partial charge in [0.15, 0.2) is 0 Å². The number of rotatable bonds is 5. The lowest BCUT2D eigenvalue weighted by Crippen LogP contribution is -2.36. The zero-order valence-corrected chi connectivity index (χ0v) is 12.3. The first kappa shape index (κ1) is 15.9. The van der Waals surface area contributed by atoms with E-state index in [0.717, 1.165) is 12.1 Å². The first-order chi connectivity index (χ1) is 8.65. The number of benzene rings is 1. The van der Waals surface area contributed by atoms with Crippen LogP contribution in [0.3, 0.4) is 0 Å². The van der Waals surface area contributed by atoms with Crippen molar-refractivity contribution in [2.45, 2.75) is 31.7 Å². The average molecular weight is 307 g/mol. The molecule has 0 aliphatic heterocycles. The van der Waals surface area contributed by atoms with Gasteiger partial charge in [0.1, 0.15) is 4.90 Å². The third-order valence-corrected chi connectivity index (χ3v) is 4.80. The maximum absolute atomic E-state index is 12.1. The van der Waals surface area contributed by atoms with Crippen molar-refractivity contribution in [1.82, 2.24) is 4.72 Å². The molecule has 0 aliphatic rings. The SMILES string of the molecule is CC(C)C(C)NS(=O)(=O)c1cc([N+](=O)[O-])ccc1Cl. The number of nitro groups is 1. The van der Waals surface area contributed by atoms with E-state index in [-0.39, 0.29) is 27.6 Å². The van der Waals surface area contributed by atoms with Gasteiger partial charge in [0.25, 0.3) is 5.69 Å². The Bertz CT molecular complexity index is 586. The summed E-state index contributed by atoms with van der Waals surface area (Å²) in [5.74, 6) is 0.0900. The predicted molar refractivity (Wildman–Crippen MR) is 72.7 cm³/mol. The molecule has 0 spiro atoms. The predicted octanol–water partition coefficient (Wildman–Crippen LogP) is 2.57. The largest absolute Gasteiger partial charge is 0.270 e. The molecule has 1 atom stereocenters. The van der Waals surface area contributed by atoms with E-state index in [1.807, 2.05) is 13.8 Å². The highest BCUT2D eigenvalue weighted by Gasteiger charge is 2.24. The van der Waals surface area contributed by atoms with Crippen molar-refractivity contribution in [3.8, 4) is 0 Å². The van der Waals surface area contributed by atoms with Gasteiger partial charge in [0.05, 0.1) is 9.95 Å². The fourth-order valence-electron chi connectivity index (χ4n) is 1.26. The molecule has 0 saturated carbocycles. The van der Waals surface area contributed by atoms with Crippen molar-refractivity contribution < 1.29 is 13.3 Å². The van der Waals surface area contributed by atoms with E-state index in [1.165, 1.54) is 6.07 Å². The van der Waals surface area contributed by atoms with Gasteiger partial charge in [-0.3, -0.25) is 10.1 Å². The molecule has 0 heterocycles. The van der Waals surface area contributed by atoms with Crippen molar-refractivity contribution in [3.63, 3.8) is 0 Å². The summed E-state index contributed by atoms with van der Waals surface area (Å²) >= 11 is 5.81. The van der Waals surface area contributed by atoms with Crippen molar-refractivity contribution in [2.75, 3.05) is 0 Å². The second kappa shape index (κ2) is 5.85. The number of sulfonamides is 1. The highest BCUT2D eigenvalue weighted by Crippen LogP contribution is 2.26. The molecule has 0 amide bonds. The minimum atomic E-state index is -3.88. The van der Waals surface area contributed by atoms with Gasteiger partial charge in [-0.2, -0.15) is 0 Å². The molecule has 6 nitrogen and oxygen atoms in total. The maximum atomic E-state index is 12.1. The second-order valence-electron chi connectivity index (χ2n) is 4.53. The van der Waals surface area contributed by atoms with Gasteiger partial charge in [-0.25, -0.2) is 13.1 Å². The van der Waals surface area contributed by atoms with Gasteiger partial charge in [-0.15, -0.1) is 0 Å². The Balaban J connectivity index is 3.21. The van der Waals surface area contributed by atoms with Crippen LogP contribution in [-0.4, -0.2) is 19.4 Å². The van der Waals surface area contributed by atoms with Crippen LogP contribution in [0.1, 0.15) is 20.8 Å². The van der Waals surface area contributed by atoms with E-state index in [9.17, 15) is 18.5 Å². The van der Waals surface area contributed by atoms with Crippen LogP contribution in [0.15, 0.2) is 23.1 Å². The molecule has 0 saturated heterocycles. The van der Waals surface area contributed by atoms with Crippen molar-refractivity contribution >= 4 is 27.3 Å². The van der Waals surface area contributed by atoms with Crippen LogP contribution in [0.5, 0.6) is 0 Å². The van der Waals surface area contributed by atoms with Crippen LogP contribution < -0.4 is 4.72 Å². The molecular weight excluding hydrogens is 292 g/mol. The standard InChI is InChI=1S/C11H15ClN2O4S/c1-7(2)8(3)13-19(17,18)11-6-9(14(15)16)4-5-10(11)12/h4-8,13H,1-3H3. The van der Waals surface area contributed by atoms with E-state index in [0.29, 0.717) is 0 Å². The Morgan fingerprint density at radius 2 is 1.89 bits per heavy atom. The van der Waals surface area contributed by atoms with Crippen LogP contribution in [0.4, 0.5) is 5.69 Å². The first-order valence-electron chi connectivity index (χ1n) is 5.61. The Labute approximate surface area is 117 Å². The normalized spacial score (nSPS) is 13.5. The summed E-state index contributed by atoms with van der Waals surface area (Å²) in [5, 5.41) is 10.6. The lowest BCUT2D eigenvalue weighted by Gasteiger charge is -2.17. The molecule has 19 heavy (non-hydrogen) atoms. The molecule has 8 heteroatoms. The number of hydrogen-bond donors (Lipinski definition) is 1. The van der Waals surface area contributed by atoms with Crippen molar-refractivity contribution in [2.24, 2.45) is 5.92 Å². The van der Waals surface area contributed by atoms with Crippen molar-refractivity contribution in [1.29, 1.82) is 0 Å². The summed E-state index contributed by atoms with van der Waals surface area (Å²) in [7, 11) is -3.88. The monoisotopic (exact) mass is 306 g/mol. The molecule has 0 bridgehead atoms. The van der Waals surface area contributed by atoms with E-state index >= 15 is 0 Å². The van der Waals surface area contributed by atoms with Crippen LogP contribution in [-0.2, 0) is 10.0 Å². The van der Waals surface area contributed by atoms with E-state index < -0.39 is 14.9 Å². The average Bonchev–Trinajstić information content (AvgIpc) is 2.28. The van der Waals surface area contributed by atoms with Gasteiger partial charge < -0.3 is 0 Å². The van der Waals surface area contributed by atoms with Crippen LogP contribution in [0.2, 0.25) is 5.02 Å². The maximum Gasteiger partial charge on any atom is 0.270 e. The fraction of sp³-hybridized carbons (Fsp3) is 0.455. The van der Waals surface area contributed by atoms with Crippen LogP contribution in [0.25, 0.3) is 0 Å². The van der Waals surface area contributed by atoms with Crippen molar-refractivity contribution in [3.05, 3.63) is 33.3 Å². The first-order valence-corrected chi connectivity index (χ1v) is 7.47. The molecular formula is C11H15ClN2O4S. The Morgan fingerprint density at radius 1 is 1.32 bits per heavy atom. The van der Waals surface area contributed by atoms with Gasteiger partial charge in [-0.1, -0.05) is 25.4 Å². The molecule has 1 aromatic carbocycles. The topological polar surface area (TPSA) is 89.3 Å². The Kier molecular flexibility index (Phi) is 4.89. The molecule has 0 aliphatic carbocycles. The number of nitrogens with zero attached hydrogens (tertiary/aromatic N) is 1. The lowest BCUT2D eigenvalue weighted by atomic mass is 10.1. The Morgan fingerprint density at radius 3 is 2.37 bits per heavy atom. The highest BCUT2D eigenvalue weighted by atomic mass is 35.5. The zero-order valence-electron chi connectivity index (χ0n) is 10.8. The summed E-state index contributed by atoms with van der Waals surface area (Å²) < 4.78 is 26.7. The van der Waals surface area contributed by atoms with Crippen LogP contribution in [0, 0.1) is 16.0 Å². The van der Waals surface area contributed by atoms with Crippen LogP contribution >= 0.6 is 11.6 Å². The molecule has 1 N–H and O–H groups in total. The fourth-order valence-corrected chi connectivity index (χ4v) is 3.17. The van der Waals surface area contributed by atoms with E-state index in [1.54, 1.807) is 6.92 Å². The third-order valence-electron chi connectivity index (χ3n) is 2.76. The lowest BCUT2D eigenvalue weighted by molar-refractivity contribution is -0.385. The molecule has 1 rings (SSSR count). The number of non-ortho nitro benzene ring substituents is 1. The smallest absolute Gasteiger partial charge is 0.258 e. The third kappa shape index (κ3) is 3.89. The number of nitrogens with one attached hydrogen (secondary N) is 1. The summed E-state index contributed by atoms with van der Waals surface area (Å²) in [4.78, 5) is 9.72. The number of nitro benzene ring substituents is 1. The second-order valence-corrected chi connectivity index (χ2v) is 6.62. The van der Waals surface area contributed by atoms with E-state index in [4.69, 9.17) is 11.6 Å². The van der Waals surface area contributed by atoms with Gasteiger partial charge in [-0.05, 0) is 18.9 Å². The summed E-state index contributed by atoms with van der Waals surface area (Å²) in [5.41, 5.74) is -0.318. The van der Waals surface area contributed by atoms with Gasteiger partial charge in [0.2, 0.25) is 10.0 Å². The molecule has 0 aromatic heterocycles. The quantitative estimate of drug-likeness (QED) is 0.668. The minimum Gasteiger partial charge on any atom is -0.258 e. The summed E-state index contributed by atoms with van der Waals surface area (Å²) in [6.07, 6.45) is 0. The number of hydrogen-bond acceptors (Lipinski definition) is 4. The molecule has 0 radical (unpaired) electrons. The number of halogens is 1. The van der Waals surface area contributed by atoms with Gasteiger partial charge in [0, 0.05) is 18.2 Å². The van der Waals surface area contributed by atoms with Gasteiger partial charge >= 0.3 is 0 Å². The molecule has 1 aromatic rings. The zero-order chi connectivity index (χ0) is 14.8. The molecule has 1 unspecified atom stereocenters. The summed E-state index contributed by atoms with van der Waals surface area (Å²) in [6, 6.07) is 3.01. The summed E-state index contributed by atoms with van der Waals surface area (Å²) in [6.45, 7) is 5.44. The highest BCUT2D eigenvalue weighted by molar-refractivity contribution is 7.89.